The van der Waals surface area contributed by atoms with E-state index in [2.05, 4.69) is 20.0 Å². The fourth-order valence-corrected chi connectivity index (χ4v) is 2.97. The summed E-state index contributed by atoms with van der Waals surface area (Å²) in [5.41, 5.74) is 1.22. The highest BCUT2D eigenvalue weighted by Crippen LogP contribution is 2.25. The number of anilines is 1. The molecule has 1 aromatic carbocycles. The summed E-state index contributed by atoms with van der Waals surface area (Å²) < 4.78 is 40.3. The molecule has 26 heavy (non-hydrogen) atoms. The number of thiazole rings is 1. The highest BCUT2D eigenvalue weighted by molar-refractivity contribution is 7.15. The average Bonchev–Trinajstić information content (AvgIpc) is 3.03. The highest BCUT2D eigenvalue weighted by atomic mass is 32.1. The summed E-state index contributed by atoms with van der Waals surface area (Å²) >= 11 is 1.29. The molecule has 3 aromatic rings. The van der Waals surface area contributed by atoms with Crippen LogP contribution in [-0.4, -0.2) is 22.2 Å². The SMILES string of the molecule is O=C(Nc1ncc(Cc2ccc(OC(F)(F)F)cc2)s1)c1cccnc1. The maximum Gasteiger partial charge on any atom is 0.573 e. The van der Waals surface area contributed by atoms with E-state index in [1.54, 1.807) is 36.7 Å². The number of nitrogens with zero attached hydrogens (tertiary/aromatic N) is 2. The van der Waals surface area contributed by atoms with Crippen LogP contribution >= 0.6 is 11.3 Å². The van der Waals surface area contributed by atoms with Gasteiger partial charge >= 0.3 is 6.36 Å². The van der Waals surface area contributed by atoms with Crippen LogP contribution in [-0.2, 0) is 6.42 Å². The number of carbonyl (C=O) groups is 1. The van der Waals surface area contributed by atoms with Crippen LogP contribution in [0.1, 0.15) is 20.8 Å². The smallest absolute Gasteiger partial charge is 0.406 e. The Kier molecular flexibility index (Phi) is 5.17. The first-order valence-electron chi connectivity index (χ1n) is 7.40. The van der Waals surface area contributed by atoms with E-state index in [4.69, 9.17) is 0 Å². The second-order valence-corrected chi connectivity index (χ2v) is 6.31. The van der Waals surface area contributed by atoms with E-state index >= 15 is 0 Å². The lowest BCUT2D eigenvalue weighted by molar-refractivity contribution is -0.274. The van der Waals surface area contributed by atoms with Crippen molar-refractivity contribution in [1.82, 2.24) is 9.97 Å². The molecule has 0 spiro atoms. The fourth-order valence-electron chi connectivity index (χ4n) is 2.12. The van der Waals surface area contributed by atoms with Gasteiger partial charge in [0.25, 0.3) is 5.91 Å². The molecule has 0 aliphatic rings. The largest absolute Gasteiger partial charge is 0.573 e. The van der Waals surface area contributed by atoms with Crippen molar-refractivity contribution in [3.63, 3.8) is 0 Å². The third kappa shape index (κ3) is 5.03. The monoisotopic (exact) mass is 379 g/mol. The molecule has 9 heteroatoms. The van der Waals surface area contributed by atoms with Crippen LogP contribution in [0.5, 0.6) is 5.75 Å². The predicted octanol–water partition coefficient (Wildman–Crippen LogP) is 4.28. The Morgan fingerprint density at radius 3 is 2.58 bits per heavy atom. The summed E-state index contributed by atoms with van der Waals surface area (Å²) in [7, 11) is 0. The normalized spacial score (nSPS) is 11.2. The average molecular weight is 379 g/mol. The van der Waals surface area contributed by atoms with Crippen LogP contribution in [0.15, 0.2) is 55.0 Å². The zero-order valence-corrected chi connectivity index (χ0v) is 14.0. The minimum atomic E-state index is -4.71. The molecule has 1 N–H and O–H groups in total. The van der Waals surface area contributed by atoms with Gasteiger partial charge in [-0.25, -0.2) is 4.98 Å². The number of hydrogen-bond donors (Lipinski definition) is 1. The lowest BCUT2D eigenvalue weighted by atomic mass is 10.1. The Labute approximate surface area is 150 Å². The zero-order chi connectivity index (χ0) is 18.6. The lowest BCUT2D eigenvalue weighted by Crippen LogP contribution is -2.17. The molecule has 3 rings (SSSR count). The van der Waals surface area contributed by atoms with E-state index in [9.17, 15) is 18.0 Å². The van der Waals surface area contributed by atoms with Crippen molar-refractivity contribution in [2.24, 2.45) is 0 Å². The Hall–Kier alpha value is -2.94. The number of rotatable bonds is 5. The third-order valence-corrected chi connectivity index (χ3v) is 4.15. The first kappa shape index (κ1) is 17.9. The molecule has 2 aromatic heterocycles. The Morgan fingerprint density at radius 2 is 1.92 bits per heavy atom. The quantitative estimate of drug-likeness (QED) is 0.719. The standard InChI is InChI=1S/C17H12F3N3O2S/c18-17(19,20)25-13-5-3-11(4-6-13)8-14-10-22-16(26-14)23-15(24)12-2-1-7-21-9-12/h1-7,9-10H,8H2,(H,22,23,24). The van der Waals surface area contributed by atoms with Crippen LogP contribution < -0.4 is 10.1 Å². The van der Waals surface area contributed by atoms with Gasteiger partial charge in [-0.1, -0.05) is 12.1 Å². The van der Waals surface area contributed by atoms with Crippen molar-refractivity contribution in [1.29, 1.82) is 0 Å². The van der Waals surface area contributed by atoms with Crippen LogP contribution in [0.2, 0.25) is 0 Å². The fraction of sp³-hybridized carbons (Fsp3) is 0.118. The number of carbonyl (C=O) groups excluding carboxylic acids is 1. The van der Waals surface area contributed by atoms with E-state index in [-0.39, 0.29) is 11.7 Å². The molecule has 2 heterocycles. The molecule has 0 saturated heterocycles. The summed E-state index contributed by atoms with van der Waals surface area (Å²) in [6.45, 7) is 0. The summed E-state index contributed by atoms with van der Waals surface area (Å²) in [5.74, 6) is -0.581. The molecule has 0 radical (unpaired) electrons. The van der Waals surface area contributed by atoms with Crippen LogP contribution in [0.4, 0.5) is 18.3 Å². The van der Waals surface area contributed by atoms with Crippen molar-refractivity contribution in [3.05, 3.63) is 71.0 Å². The second-order valence-electron chi connectivity index (χ2n) is 5.20. The summed E-state index contributed by atoms with van der Waals surface area (Å²) in [5, 5.41) is 3.12. The Balaban J connectivity index is 1.61. The maximum absolute atomic E-state index is 12.2. The summed E-state index contributed by atoms with van der Waals surface area (Å²) in [4.78, 5) is 20.9. The molecular weight excluding hydrogens is 367 g/mol. The molecule has 0 aliphatic carbocycles. The van der Waals surface area contributed by atoms with Crippen molar-refractivity contribution >= 4 is 22.4 Å². The molecule has 0 aliphatic heterocycles. The molecular formula is C17H12F3N3O2S. The number of amides is 1. The molecule has 134 valence electrons. The first-order valence-corrected chi connectivity index (χ1v) is 8.21. The van der Waals surface area contributed by atoms with Crippen LogP contribution in [0, 0.1) is 0 Å². The Morgan fingerprint density at radius 1 is 1.15 bits per heavy atom. The first-order chi connectivity index (χ1) is 12.4. The minimum Gasteiger partial charge on any atom is -0.406 e. The van der Waals surface area contributed by atoms with Gasteiger partial charge in [0, 0.05) is 29.9 Å². The van der Waals surface area contributed by atoms with Gasteiger partial charge < -0.3 is 4.74 Å². The van der Waals surface area contributed by atoms with Crippen molar-refractivity contribution < 1.29 is 22.7 Å². The molecule has 0 fully saturated rings. The number of aromatic nitrogens is 2. The number of pyridine rings is 1. The van der Waals surface area contributed by atoms with Crippen molar-refractivity contribution in [2.45, 2.75) is 12.8 Å². The molecule has 0 unspecified atom stereocenters. The van der Waals surface area contributed by atoms with Gasteiger partial charge in [0.05, 0.1) is 5.56 Å². The number of benzene rings is 1. The number of alkyl halides is 3. The zero-order valence-electron chi connectivity index (χ0n) is 13.2. The topological polar surface area (TPSA) is 64.1 Å². The van der Waals surface area contributed by atoms with Crippen LogP contribution in [0.3, 0.4) is 0 Å². The predicted molar refractivity (Wildman–Crippen MR) is 90.2 cm³/mol. The Bertz CT molecular complexity index is 880. The van der Waals surface area contributed by atoms with Gasteiger partial charge in [-0.2, -0.15) is 0 Å². The van der Waals surface area contributed by atoms with Crippen molar-refractivity contribution in [3.8, 4) is 5.75 Å². The number of ether oxygens (including phenoxy) is 1. The highest BCUT2D eigenvalue weighted by Gasteiger charge is 2.30. The van der Waals surface area contributed by atoms with Gasteiger partial charge in [0.2, 0.25) is 0 Å². The third-order valence-electron chi connectivity index (χ3n) is 3.23. The van der Waals surface area contributed by atoms with E-state index < -0.39 is 6.36 Å². The van der Waals surface area contributed by atoms with E-state index in [0.717, 1.165) is 10.4 Å². The molecule has 0 bridgehead atoms. The lowest BCUT2D eigenvalue weighted by Gasteiger charge is -2.08. The van der Waals surface area contributed by atoms with Gasteiger partial charge in [0.1, 0.15) is 5.75 Å². The number of nitrogens with one attached hydrogen (secondary N) is 1. The maximum atomic E-state index is 12.2. The second kappa shape index (κ2) is 7.52. The molecule has 5 nitrogen and oxygen atoms in total. The molecule has 0 atom stereocenters. The van der Waals surface area contributed by atoms with E-state index in [1.165, 1.54) is 29.7 Å². The number of hydrogen-bond acceptors (Lipinski definition) is 5. The number of halogens is 3. The van der Waals surface area contributed by atoms with Gasteiger partial charge in [0.15, 0.2) is 5.13 Å². The van der Waals surface area contributed by atoms with Crippen LogP contribution in [0.25, 0.3) is 0 Å². The van der Waals surface area contributed by atoms with E-state index in [0.29, 0.717) is 17.1 Å². The summed E-state index contributed by atoms with van der Waals surface area (Å²) in [6.07, 6.45) is 0.411. The summed E-state index contributed by atoms with van der Waals surface area (Å²) in [6, 6.07) is 8.92. The van der Waals surface area contributed by atoms with Crippen molar-refractivity contribution in [2.75, 3.05) is 5.32 Å². The van der Waals surface area contributed by atoms with Gasteiger partial charge in [-0.3, -0.25) is 15.1 Å². The minimum absolute atomic E-state index is 0.269. The van der Waals surface area contributed by atoms with E-state index in [1.807, 2.05) is 0 Å². The van der Waals surface area contributed by atoms with Gasteiger partial charge in [-0.05, 0) is 29.8 Å². The molecule has 1 amide bonds. The van der Waals surface area contributed by atoms with Gasteiger partial charge in [-0.15, -0.1) is 24.5 Å². The molecule has 0 saturated carbocycles.